The zero-order valence-electron chi connectivity index (χ0n) is 24.2. The van der Waals surface area contributed by atoms with Crippen molar-refractivity contribution in [1.82, 2.24) is 10.2 Å². The molecule has 230 valence electrons. The number of hydrogen-bond acceptors (Lipinski definition) is 4. The molecule has 1 N–H and O–H groups in total. The summed E-state index contributed by atoms with van der Waals surface area (Å²) < 4.78 is 29.0. The molecule has 0 bridgehead atoms. The quantitative estimate of drug-likeness (QED) is 0.231. The van der Waals surface area contributed by atoms with Gasteiger partial charge in [0, 0.05) is 27.7 Å². The van der Waals surface area contributed by atoms with Gasteiger partial charge in [0.25, 0.3) is 10.0 Å². The number of nitrogens with one attached hydrogen (secondary N) is 1. The van der Waals surface area contributed by atoms with E-state index in [2.05, 4.69) is 5.32 Å². The fraction of sp³-hybridized carbons (Fsp3) is 0.375. The Morgan fingerprint density at radius 2 is 1.63 bits per heavy atom. The predicted molar refractivity (Wildman–Crippen MR) is 173 cm³/mol. The number of rotatable bonds is 11. The summed E-state index contributed by atoms with van der Waals surface area (Å²) in [6, 6.07) is 16.9. The molecular formula is C32H36Cl3N3O4S. The number of nitrogens with zero attached hydrogens (tertiary/aromatic N) is 2. The summed E-state index contributed by atoms with van der Waals surface area (Å²) in [5, 5.41) is 4.27. The van der Waals surface area contributed by atoms with Gasteiger partial charge < -0.3 is 10.2 Å². The highest BCUT2D eigenvalue weighted by Gasteiger charge is 2.34. The molecular weight excluding hydrogens is 629 g/mol. The van der Waals surface area contributed by atoms with Gasteiger partial charge in [-0.15, -0.1) is 0 Å². The van der Waals surface area contributed by atoms with Crippen LogP contribution in [-0.2, 0) is 26.2 Å². The van der Waals surface area contributed by atoms with Crippen molar-refractivity contribution in [3.8, 4) is 0 Å². The number of anilines is 1. The standard InChI is InChI=1S/C32H36Cl3N3O4S/c1-3-30(32(40)36-25-10-6-4-7-11-25)37(20-23-15-16-24(33)18-29(23)35)31(39)21-38(26-17-14-22(2)28(34)19-26)43(41,42)27-12-8-5-9-13-27/h5,8-9,12-19,25,30H,3-4,6-7,10-11,20-21H2,1-2H3,(H,36,40)/t30-/m0/s1. The Labute approximate surface area is 269 Å². The van der Waals surface area contributed by atoms with Gasteiger partial charge in [0.05, 0.1) is 10.6 Å². The zero-order valence-corrected chi connectivity index (χ0v) is 27.3. The lowest BCUT2D eigenvalue weighted by Crippen LogP contribution is -2.54. The van der Waals surface area contributed by atoms with Gasteiger partial charge in [0.1, 0.15) is 12.6 Å². The molecule has 3 aromatic rings. The van der Waals surface area contributed by atoms with Crippen LogP contribution in [0.1, 0.15) is 56.6 Å². The van der Waals surface area contributed by atoms with Crippen LogP contribution in [0.2, 0.25) is 15.1 Å². The maximum atomic E-state index is 14.3. The Bertz CT molecular complexity index is 1550. The molecule has 0 radical (unpaired) electrons. The number of halogens is 3. The highest BCUT2D eigenvalue weighted by molar-refractivity contribution is 7.92. The first-order chi connectivity index (χ1) is 20.5. The first kappa shape index (κ1) is 33.1. The van der Waals surface area contributed by atoms with E-state index in [9.17, 15) is 18.0 Å². The summed E-state index contributed by atoms with van der Waals surface area (Å²) in [5.74, 6) is -0.837. The molecule has 1 fully saturated rings. The van der Waals surface area contributed by atoms with Crippen LogP contribution in [0.3, 0.4) is 0 Å². The fourth-order valence-corrected chi connectivity index (χ4v) is 7.35. The molecule has 1 aliphatic carbocycles. The van der Waals surface area contributed by atoms with Gasteiger partial charge in [-0.2, -0.15) is 0 Å². The summed E-state index contributed by atoms with van der Waals surface area (Å²) in [6.07, 6.45) is 5.30. The van der Waals surface area contributed by atoms with Gasteiger partial charge in [-0.3, -0.25) is 13.9 Å². The maximum absolute atomic E-state index is 14.3. The van der Waals surface area contributed by atoms with Crippen molar-refractivity contribution in [2.45, 2.75) is 75.9 Å². The molecule has 0 heterocycles. The van der Waals surface area contributed by atoms with Crippen molar-refractivity contribution in [3.05, 3.63) is 92.9 Å². The average molecular weight is 665 g/mol. The van der Waals surface area contributed by atoms with E-state index in [0.29, 0.717) is 27.1 Å². The number of benzene rings is 3. The van der Waals surface area contributed by atoms with E-state index < -0.39 is 28.5 Å². The number of carbonyl (C=O) groups excluding carboxylic acids is 2. The van der Waals surface area contributed by atoms with E-state index in [1.54, 1.807) is 48.5 Å². The van der Waals surface area contributed by atoms with E-state index >= 15 is 0 Å². The molecule has 0 unspecified atom stereocenters. The second-order valence-electron chi connectivity index (χ2n) is 10.8. The summed E-state index contributed by atoms with van der Waals surface area (Å²) in [7, 11) is -4.19. The molecule has 2 amide bonds. The highest BCUT2D eigenvalue weighted by Crippen LogP contribution is 2.30. The number of hydrogen-bond donors (Lipinski definition) is 1. The summed E-state index contributed by atoms with van der Waals surface area (Å²) in [5.41, 5.74) is 1.58. The van der Waals surface area contributed by atoms with Gasteiger partial charge >= 0.3 is 0 Å². The molecule has 0 aromatic heterocycles. The van der Waals surface area contributed by atoms with E-state index in [1.807, 2.05) is 13.8 Å². The van der Waals surface area contributed by atoms with Crippen LogP contribution in [0.25, 0.3) is 0 Å². The van der Waals surface area contributed by atoms with Crippen molar-refractivity contribution < 1.29 is 18.0 Å². The topological polar surface area (TPSA) is 86.8 Å². The minimum Gasteiger partial charge on any atom is -0.352 e. The molecule has 0 spiro atoms. The third-order valence-electron chi connectivity index (χ3n) is 7.75. The second kappa shape index (κ2) is 14.8. The summed E-state index contributed by atoms with van der Waals surface area (Å²) >= 11 is 19.0. The van der Waals surface area contributed by atoms with Gasteiger partial charge in [-0.1, -0.05) is 91.3 Å². The van der Waals surface area contributed by atoms with E-state index in [1.165, 1.54) is 23.1 Å². The van der Waals surface area contributed by atoms with Crippen LogP contribution in [0.4, 0.5) is 5.69 Å². The molecule has 11 heteroatoms. The van der Waals surface area contributed by atoms with Gasteiger partial charge in [0.15, 0.2) is 0 Å². The van der Waals surface area contributed by atoms with Crippen LogP contribution in [0.5, 0.6) is 0 Å². The third kappa shape index (κ3) is 8.24. The van der Waals surface area contributed by atoms with Crippen LogP contribution >= 0.6 is 34.8 Å². The molecule has 0 aliphatic heterocycles. The molecule has 3 aromatic carbocycles. The third-order valence-corrected chi connectivity index (χ3v) is 10.5. The first-order valence-corrected chi connectivity index (χ1v) is 17.0. The maximum Gasteiger partial charge on any atom is 0.264 e. The number of aryl methyl sites for hydroxylation is 1. The van der Waals surface area contributed by atoms with E-state index in [0.717, 1.165) is 42.0 Å². The minimum atomic E-state index is -4.19. The number of sulfonamides is 1. The van der Waals surface area contributed by atoms with Crippen LogP contribution in [-0.4, -0.2) is 43.8 Å². The van der Waals surface area contributed by atoms with Gasteiger partial charge in [-0.25, -0.2) is 8.42 Å². The van der Waals surface area contributed by atoms with E-state index in [-0.39, 0.29) is 29.1 Å². The Kier molecular flexibility index (Phi) is 11.4. The number of carbonyl (C=O) groups is 2. The Morgan fingerprint density at radius 3 is 2.26 bits per heavy atom. The zero-order chi connectivity index (χ0) is 31.1. The SMILES string of the molecule is CC[C@@H](C(=O)NC1CCCCC1)N(Cc1ccc(Cl)cc1Cl)C(=O)CN(c1ccc(C)c(Cl)c1)S(=O)(=O)c1ccccc1. The lowest BCUT2D eigenvalue weighted by Gasteiger charge is -2.34. The summed E-state index contributed by atoms with van der Waals surface area (Å²) in [4.78, 5) is 29.4. The van der Waals surface area contributed by atoms with E-state index in [4.69, 9.17) is 34.8 Å². The molecule has 1 aliphatic rings. The summed E-state index contributed by atoms with van der Waals surface area (Å²) in [6.45, 7) is 3.06. The van der Waals surface area contributed by atoms with Crippen molar-refractivity contribution in [2.24, 2.45) is 0 Å². The minimum absolute atomic E-state index is 0.0146. The normalized spacial score (nSPS) is 14.6. The number of amides is 2. The molecule has 1 saturated carbocycles. The molecule has 4 rings (SSSR count). The Hall–Kier alpha value is -2.78. The lowest BCUT2D eigenvalue weighted by atomic mass is 9.95. The van der Waals surface area contributed by atoms with Crippen molar-refractivity contribution >= 4 is 62.3 Å². The lowest BCUT2D eigenvalue weighted by molar-refractivity contribution is -0.140. The molecule has 43 heavy (non-hydrogen) atoms. The van der Waals surface area contributed by atoms with Crippen molar-refractivity contribution in [2.75, 3.05) is 10.8 Å². The molecule has 1 atom stereocenters. The molecule has 0 saturated heterocycles. The Morgan fingerprint density at radius 1 is 0.930 bits per heavy atom. The monoisotopic (exact) mass is 663 g/mol. The average Bonchev–Trinajstić information content (AvgIpc) is 2.99. The largest absolute Gasteiger partial charge is 0.352 e. The van der Waals surface area contributed by atoms with Crippen molar-refractivity contribution in [3.63, 3.8) is 0 Å². The first-order valence-electron chi connectivity index (χ1n) is 14.4. The second-order valence-corrected chi connectivity index (χ2v) is 13.9. The van der Waals surface area contributed by atoms with Gasteiger partial charge in [0.2, 0.25) is 11.8 Å². The van der Waals surface area contributed by atoms with Crippen LogP contribution in [0.15, 0.2) is 71.6 Å². The van der Waals surface area contributed by atoms with Gasteiger partial charge in [-0.05, 0) is 73.7 Å². The van der Waals surface area contributed by atoms with Crippen molar-refractivity contribution in [1.29, 1.82) is 0 Å². The predicted octanol–water partition coefficient (Wildman–Crippen LogP) is 7.41. The highest BCUT2D eigenvalue weighted by atomic mass is 35.5. The van der Waals surface area contributed by atoms with Crippen LogP contribution in [0, 0.1) is 6.92 Å². The fourth-order valence-electron chi connectivity index (χ4n) is 5.28. The Balaban J connectivity index is 1.73. The molecule has 7 nitrogen and oxygen atoms in total. The van der Waals surface area contributed by atoms with Crippen LogP contribution < -0.4 is 9.62 Å². The smallest absolute Gasteiger partial charge is 0.264 e.